The Morgan fingerprint density at radius 1 is 1.29 bits per heavy atom. The Balaban J connectivity index is 2.02. The number of hydrogen-bond donors (Lipinski definition) is 2. The zero-order valence-electron chi connectivity index (χ0n) is 14.0. The lowest BCUT2D eigenvalue weighted by molar-refractivity contribution is 0.0523. The van der Waals surface area contributed by atoms with Crippen LogP contribution in [0.15, 0.2) is 30.3 Å². The van der Waals surface area contributed by atoms with E-state index in [2.05, 4.69) is 15.3 Å². The van der Waals surface area contributed by atoms with Crippen molar-refractivity contribution < 1.29 is 14.6 Å². The number of phenolic OH excluding ortho intramolecular Hbond substituents is 1. The summed E-state index contributed by atoms with van der Waals surface area (Å²) in [6.45, 7) is 6.12. The van der Waals surface area contributed by atoms with Crippen molar-refractivity contribution in [3.63, 3.8) is 0 Å². The van der Waals surface area contributed by atoms with Gasteiger partial charge in [0.1, 0.15) is 11.3 Å². The summed E-state index contributed by atoms with van der Waals surface area (Å²) in [5.41, 5.74) is 2.49. The molecule has 2 aromatic rings. The lowest BCUT2D eigenvalue weighted by Crippen LogP contribution is -2.14. The summed E-state index contributed by atoms with van der Waals surface area (Å²) in [6.07, 6.45) is 3.79. The number of rotatable bonds is 6. The summed E-state index contributed by atoms with van der Waals surface area (Å²) in [5, 5.41) is 12.5. The number of hydrogen-bond acceptors (Lipinski definition) is 6. The van der Waals surface area contributed by atoms with E-state index in [-0.39, 0.29) is 5.75 Å². The highest BCUT2D eigenvalue weighted by atomic mass is 16.5. The third-order valence-electron chi connectivity index (χ3n) is 3.31. The molecule has 2 N–H and O–H groups in total. The molecule has 0 unspecified atom stereocenters. The number of anilines is 1. The summed E-state index contributed by atoms with van der Waals surface area (Å²) >= 11 is 0. The second-order valence-electron chi connectivity index (χ2n) is 5.19. The van der Waals surface area contributed by atoms with Crippen molar-refractivity contribution in [1.29, 1.82) is 0 Å². The Hall–Kier alpha value is -2.89. The SMILES string of the molecule is CCOC(=O)c1c(C)nc(NCC=Cc2cccc(O)c2)nc1C. The van der Waals surface area contributed by atoms with Gasteiger partial charge in [0.15, 0.2) is 0 Å². The van der Waals surface area contributed by atoms with Crippen LogP contribution in [0.2, 0.25) is 0 Å². The number of carbonyl (C=O) groups is 1. The van der Waals surface area contributed by atoms with Crippen LogP contribution in [0.1, 0.15) is 34.2 Å². The first-order chi connectivity index (χ1) is 11.5. The lowest BCUT2D eigenvalue weighted by Gasteiger charge is -2.10. The highest BCUT2D eigenvalue weighted by molar-refractivity contribution is 5.91. The first-order valence-corrected chi connectivity index (χ1v) is 7.73. The number of aromatic hydroxyl groups is 1. The van der Waals surface area contributed by atoms with E-state index in [9.17, 15) is 9.90 Å². The molecule has 2 rings (SSSR count). The van der Waals surface area contributed by atoms with E-state index in [1.807, 2.05) is 18.2 Å². The predicted molar refractivity (Wildman–Crippen MR) is 93.1 cm³/mol. The van der Waals surface area contributed by atoms with E-state index in [0.29, 0.717) is 36.1 Å². The summed E-state index contributed by atoms with van der Waals surface area (Å²) < 4.78 is 5.02. The van der Waals surface area contributed by atoms with Crippen molar-refractivity contribution in [3.05, 3.63) is 52.9 Å². The lowest BCUT2D eigenvalue weighted by atomic mass is 10.2. The Labute approximate surface area is 141 Å². The van der Waals surface area contributed by atoms with Crippen LogP contribution in [0.25, 0.3) is 6.08 Å². The first kappa shape index (κ1) is 17.5. The minimum atomic E-state index is -0.400. The monoisotopic (exact) mass is 327 g/mol. The molecular weight excluding hydrogens is 306 g/mol. The van der Waals surface area contributed by atoms with Gasteiger partial charge in [-0.15, -0.1) is 0 Å². The van der Waals surface area contributed by atoms with Crippen molar-refractivity contribution in [1.82, 2.24) is 9.97 Å². The number of aryl methyl sites for hydroxylation is 2. The molecule has 0 amide bonds. The van der Waals surface area contributed by atoms with Gasteiger partial charge >= 0.3 is 5.97 Å². The molecule has 0 saturated carbocycles. The molecule has 126 valence electrons. The van der Waals surface area contributed by atoms with E-state index in [0.717, 1.165) is 5.56 Å². The van der Waals surface area contributed by atoms with Crippen LogP contribution < -0.4 is 5.32 Å². The van der Waals surface area contributed by atoms with Gasteiger partial charge in [0.25, 0.3) is 0 Å². The standard InChI is InChI=1S/C18H21N3O3/c1-4-24-17(23)16-12(2)20-18(21-13(16)3)19-10-6-8-14-7-5-9-15(22)11-14/h5-9,11,22H,4,10H2,1-3H3,(H,19,20,21). The Morgan fingerprint density at radius 3 is 2.62 bits per heavy atom. The minimum Gasteiger partial charge on any atom is -0.508 e. The minimum absolute atomic E-state index is 0.231. The number of ether oxygens (including phenoxy) is 1. The van der Waals surface area contributed by atoms with Gasteiger partial charge in [0.2, 0.25) is 5.95 Å². The second kappa shape index (κ2) is 8.10. The quantitative estimate of drug-likeness (QED) is 0.793. The molecule has 6 heteroatoms. The van der Waals surface area contributed by atoms with Crippen LogP contribution in [0.3, 0.4) is 0 Å². The molecular formula is C18H21N3O3. The van der Waals surface area contributed by atoms with Gasteiger partial charge in [0.05, 0.1) is 18.0 Å². The molecule has 0 aliphatic heterocycles. The molecule has 0 bridgehead atoms. The molecule has 0 aliphatic carbocycles. The van der Waals surface area contributed by atoms with Crippen molar-refractivity contribution in [2.24, 2.45) is 0 Å². The van der Waals surface area contributed by atoms with Crippen LogP contribution in [0.4, 0.5) is 5.95 Å². The fourth-order valence-corrected chi connectivity index (χ4v) is 2.27. The number of phenols is 1. The molecule has 1 aromatic carbocycles. The summed E-state index contributed by atoms with van der Waals surface area (Å²) in [5.74, 6) is 0.288. The zero-order valence-corrected chi connectivity index (χ0v) is 14.0. The normalized spacial score (nSPS) is 10.8. The second-order valence-corrected chi connectivity index (χ2v) is 5.19. The fraction of sp³-hybridized carbons (Fsp3) is 0.278. The molecule has 0 saturated heterocycles. The highest BCUT2D eigenvalue weighted by Gasteiger charge is 2.16. The smallest absolute Gasteiger partial charge is 0.341 e. The Morgan fingerprint density at radius 2 is 2.00 bits per heavy atom. The van der Waals surface area contributed by atoms with Crippen molar-refractivity contribution >= 4 is 18.0 Å². The Kier molecular flexibility index (Phi) is 5.89. The topological polar surface area (TPSA) is 84.3 Å². The van der Waals surface area contributed by atoms with Gasteiger partial charge in [-0.3, -0.25) is 0 Å². The fourth-order valence-electron chi connectivity index (χ4n) is 2.27. The van der Waals surface area contributed by atoms with Crippen molar-refractivity contribution in [2.45, 2.75) is 20.8 Å². The number of benzene rings is 1. The molecule has 1 heterocycles. The maximum atomic E-state index is 11.9. The van der Waals surface area contributed by atoms with Crippen molar-refractivity contribution in [3.8, 4) is 5.75 Å². The molecule has 0 fully saturated rings. The molecule has 0 radical (unpaired) electrons. The summed E-state index contributed by atoms with van der Waals surface area (Å²) in [6, 6.07) is 6.98. The largest absolute Gasteiger partial charge is 0.508 e. The molecule has 0 aliphatic rings. The average Bonchev–Trinajstić information content (AvgIpc) is 2.51. The third kappa shape index (κ3) is 4.55. The van der Waals surface area contributed by atoms with E-state index < -0.39 is 5.97 Å². The molecule has 6 nitrogen and oxygen atoms in total. The van der Waals surface area contributed by atoms with Crippen LogP contribution in [-0.2, 0) is 4.74 Å². The first-order valence-electron chi connectivity index (χ1n) is 7.73. The van der Waals surface area contributed by atoms with E-state index in [1.165, 1.54) is 0 Å². The maximum absolute atomic E-state index is 11.9. The van der Waals surface area contributed by atoms with Gasteiger partial charge in [-0.25, -0.2) is 14.8 Å². The number of aromatic nitrogens is 2. The summed E-state index contributed by atoms with van der Waals surface area (Å²) in [4.78, 5) is 20.5. The molecule has 1 aromatic heterocycles. The predicted octanol–water partition coefficient (Wildman–Crippen LogP) is 3.10. The highest BCUT2D eigenvalue weighted by Crippen LogP contribution is 2.14. The molecule has 0 atom stereocenters. The van der Waals surface area contributed by atoms with Gasteiger partial charge in [-0.05, 0) is 38.5 Å². The maximum Gasteiger partial charge on any atom is 0.341 e. The number of nitrogens with one attached hydrogen (secondary N) is 1. The number of esters is 1. The van der Waals surface area contributed by atoms with Crippen LogP contribution >= 0.6 is 0 Å². The molecule has 24 heavy (non-hydrogen) atoms. The average molecular weight is 327 g/mol. The van der Waals surface area contributed by atoms with Crippen molar-refractivity contribution in [2.75, 3.05) is 18.5 Å². The third-order valence-corrected chi connectivity index (χ3v) is 3.31. The summed E-state index contributed by atoms with van der Waals surface area (Å²) in [7, 11) is 0. The van der Waals surface area contributed by atoms with E-state index >= 15 is 0 Å². The van der Waals surface area contributed by atoms with Gasteiger partial charge in [0, 0.05) is 6.54 Å². The van der Waals surface area contributed by atoms with Crippen LogP contribution in [-0.4, -0.2) is 34.2 Å². The van der Waals surface area contributed by atoms with Crippen LogP contribution in [0, 0.1) is 13.8 Å². The molecule has 0 spiro atoms. The van der Waals surface area contributed by atoms with E-state index in [1.54, 1.807) is 39.0 Å². The zero-order chi connectivity index (χ0) is 17.5. The van der Waals surface area contributed by atoms with Gasteiger partial charge in [-0.2, -0.15) is 0 Å². The Bertz CT molecular complexity index is 734. The number of carbonyl (C=O) groups excluding carboxylic acids is 1. The van der Waals surface area contributed by atoms with E-state index in [4.69, 9.17) is 4.74 Å². The van der Waals surface area contributed by atoms with Gasteiger partial charge < -0.3 is 15.2 Å². The van der Waals surface area contributed by atoms with Crippen LogP contribution in [0.5, 0.6) is 5.75 Å². The van der Waals surface area contributed by atoms with Gasteiger partial charge in [-0.1, -0.05) is 24.3 Å². The number of nitrogens with zero attached hydrogens (tertiary/aromatic N) is 2.